The molecule has 3 aromatic rings. The van der Waals surface area contributed by atoms with Gasteiger partial charge < -0.3 is 10.5 Å². The van der Waals surface area contributed by atoms with Gasteiger partial charge in [0.15, 0.2) is 0 Å². The Morgan fingerprint density at radius 3 is 2.74 bits per heavy atom. The second kappa shape index (κ2) is 7.24. The Morgan fingerprint density at radius 2 is 2.00 bits per heavy atom. The molecule has 0 aliphatic carbocycles. The van der Waals surface area contributed by atoms with Crippen LogP contribution in [0.3, 0.4) is 0 Å². The Bertz CT molecular complexity index is 771. The maximum Gasteiger partial charge on any atom is 0.142 e. The summed E-state index contributed by atoms with van der Waals surface area (Å²) < 4.78 is 5.61. The van der Waals surface area contributed by atoms with Gasteiger partial charge in [0.2, 0.25) is 0 Å². The van der Waals surface area contributed by atoms with Crippen LogP contribution in [0.5, 0.6) is 5.75 Å². The normalized spacial score (nSPS) is 10.7. The summed E-state index contributed by atoms with van der Waals surface area (Å²) in [5, 5.41) is 3.14. The average molecular weight is 325 g/mol. The van der Waals surface area contributed by atoms with Gasteiger partial charge in [0, 0.05) is 29.8 Å². The summed E-state index contributed by atoms with van der Waals surface area (Å²) in [6.45, 7) is 2.76. The zero-order valence-corrected chi connectivity index (χ0v) is 13.8. The van der Waals surface area contributed by atoms with E-state index >= 15 is 0 Å². The van der Waals surface area contributed by atoms with Crippen molar-refractivity contribution < 1.29 is 4.74 Å². The van der Waals surface area contributed by atoms with E-state index in [0.29, 0.717) is 12.3 Å². The Kier molecular flexibility index (Phi) is 4.88. The van der Waals surface area contributed by atoms with Gasteiger partial charge in [-0.05, 0) is 36.2 Å². The molecule has 23 heavy (non-hydrogen) atoms. The first-order chi connectivity index (χ1) is 11.3. The fraction of sp³-hybridized carbons (Fsp3) is 0.222. The van der Waals surface area contributed by atoms with Gasteiger partial charge in [0.25, 0.3) is 0 Å². The maximum atomic E-state index is 6.06. The van der Waals surface area contributed by atoms with Crippen LogP contribution < -0.4 is 10.5 Å². The van der Waals surface area contributed by atoms with E-state index in [1.807, 2.05) is 24.3 Å². The zero-order chi connectivity index (χ0) is 16.1. The van der Waals surface area contributed by atoms with Crippen molar-refractivity contribution in [3.63, 3.8) is 0 Å². The summed E-state index contributed by atoms with van der Waals surface area (Å²) in [6.07, 6.45) is 5.31. The molecular weight excluding hydrogens is 306 g/mol. The van der Waals surface area contributed by atoms with Gasteiger partial charge in [-0.25, -0.2) is 4.98 Å². The molecule has 0 aliphatic rings. The molecule has 0 saturated heterocycles. The minimum absolute atomic E-state index is 0.682. The Labute approximate surface area is 140 Å². The predicted octanol–water partition coefficient (Wildman–Crippen LogP) is 4.17. The highest BCUT2D eigenvalue weighted by molar-refractivity contribution is 7.10. The monoisotopic (exact) mass is 325 g/mol. The second-order valence-electron chi connectivity index (χ2n) is 5.26. The van der Waals surface area contributed by atoms with Crippen LogP contribution in [-0.4, -0.2) is 16.6 Å². The number of nitrogens with two attached hydrogens (primary N) is 1. The minimum Gasteiger partial charge on any atom is -0.491 e. The lowest BCUT2D eigenvalue weighted by atomic mass is 10.1. The van der Waals surface area contributed by atoms with Gasteiger partial charge in [0.1, 0.15) is 5.75 Å². The van der Waals surface area contributed by atoms with E-state index in [4.69, 9.17) is 15.5 Å². The van der Waals surface area contributed by atoms with Crippen molar-refractivity contribution in [1.29, 1.82) is 0 Å². The molecule has 0 amide bonds. The van der Waals surface area contributed by atoms with Crippen molar-refractivity contribution >= 4 is 17.0 Å². The quantitative estimate of drug-likeness (QED) is 0.691. The zero-order valence-electron chi connectivity index (χ0n) is 13.0. The highest BCUT2D eigenvalue weighted by Crippen LogP contribution is 2.26. The van der Waals surface area contributed by atoms with Gasteiger partial charge in [-0.15, -0.1) is 11.3 Å². The van der Waals surface area contributed by atoms with E-state index in [2.05, 4.69) is 23.4 Å². The minimum atomic E-state index is 0.682. The Morgan fingerprint density at radius 1 is 1.17 bits per heavy atom. The number of hydrogen-bond donors (Lipinski definition) is 1. The number of rotatable bonds is 6. The van der Waals surface area contributed by atoms with Crippen LogP contribution in [0.2, 0.25) is 0 Å². The molecule has 4 nitrogen and oxygen atoms in total. The summed E-state index contributed by atoms with van der Waals surface area (Å²) in [7, 11) is 0. The van der Waals surface area contributed by atoms with Crippen molar-refractivity contribution in [3.05, 3.63) is 58.7 Å². The van der Waals surface area contributed by atoms with Crippen LogP contribution in [0.4, 0.5) is 5.69 Å². The van der Waals surface area contributed by atoms with Crippen molar-refractivity contribution in [2.24, 2.45) is 0 Å². The number of aromatic nitrogens is 2. The SMILES string of the molecule is CCCOc1ccc(Cc2nc(-c3ccncc3)cs2)cc1N. The van der Waals surface area contributed by atoms with Gasteiger partial charge >= 0.3 is 0 Å². The third kappa shape index (κ3) is 3.87. The van der Waals surface area contributed by atoms with Gasteiger partial charge in [-0.1, -0.05) is 13.0 Å². The first kappa shape index (κ1) is 15.5. The molecule has 0 unspecified atom stereocenters. The summed E-state index contributed by atoms with van der Waals surface area (Å²) in [5.41, 5.74) is 9.96. The third-order valence-electron chi connectivity index (χ3n) is 3.42. The van der Waals surface area contributed by atoms with E-state index in [-0.39, 0.29) is 0 Å². The second-order valence-corrected chi connectivity index (χ2v) is 6.20. The van der Waals surface area contributed by atoms with E-state index < -0.39 is 0 Å². The van der Waals surface area contributed by atoms with Crippen LogP contribution in [-0.2, 0) is 6.42 Å². The highest BCUT2D eigenvalue weighted by Gasteiger charge is 2.07. The van der Waals surface area contributed by atoms with Crippen LogP contribution >= 0.6 is 11.3 Å². The van der Waals surface area contributed by atoms with Gasteiger partial charge in [0.05, 0.1) is 23.0 Å². The van der Waals surface area contributed by atoms with E-state index in [9.17, 15) is 0 Å². The molecule has 118 valence electrons. The van der Waals surface area contributed by atoms with E-state index in [1.54, 1.807) is 23.7 Å². The number of ether oxygens (including phenoxy) is 1. The smallest absolute Gasteiger partial charge is 0.142 e. The molecule has 5 heteroatoms. The summed E-state index contributed by atoms with van der Waals surface area (Å²) >= 11 is 1.66. The first-order valence-electron chi connectivity index (χ1n) is 7.62. The number of nitrogens with zero attached hydrogens (tertiary/aromatic N) is 2. The molecule has 2 heterocycles. The van der Waals surface area contributed by atoms with Crippen LogP contribution in [0.1, 0.15) is 23.9 Å². The molecule has 3 rings (SSSR count). The largest absolute Gasteiger partial charge is 0.491 e. The molecule has 0 aliphatic heterocycles. The van der Waals surface area contributed by atoms with E-state index in [1.165, 1.54) is 0 Å². The lowest BCUT2D eigenvalue weighted by Crippen LogP contribution is -2.00. The van der Waals surface area contributed by atoms with Crippen LogP contribution in [0, 0.1) is 0 Å². The highest BCUT2D eigenvalue weighted by atomic mass is 32.1. The number of benzene rings is 1. The average Bonchev–Trinajstić information content (AvgIpc) is 3.03. The van der Waals surface area contributed by atoms with Crippen LogP contribution in [0.15, 0.2) is 48.1 Å². The first-order valence-corrected chi connectivity index (χ1v) is 8.50. The van der Waals surface area contributed by atoms with Crippen molar-refractivity contribution in [1.82, 2.24) is 9.97 Å². The molecule has 0 saturated carbocycles. The molecule has 1 aromatic carbocycles. The van der Waals surface area contributed by atoms with Gasteiger partial charge in [-0.2, -0.15) is 0 Å². The topological polar surface area (TPSA) is 61.0 Å². The number of pyridine rings is 1. The molecule has 0 bridgehead atoms. The molecule has 0 radical (unpaired) electrons. The summed E-state index contributed by atoms with van der Waals surface area (Å²) in [5.74, 6) is 0.757. The van der Waals surface area contributed by atoms with Crippen molar-refractivity contribution in [2.75, 3.05) is 12.3 Å². The maximum absolute atomic E-state index is 6.06. The molecule has 0 spiro atoms. The number of nitrogen functional groups attached to an aromatic ring is 1. The standard InChI is InChI=1S/C18H19N3OS/c1-2-9-22-17-4-3-13(10-15(17)19)11-18-21-16(12-23-18)14-5-7-20-8-6-14/h3-8,10,12H,2,9,11,19H2,1H3. The molecule has 0 fully saturated rings. The third-order valence-corrected chi connectivity index (χ3v) is 4.27. The number of thiazole rings is 1. The fourth-order valence-corrected chi connectivity index (χ4v) is 3.11. The van der Waals surface area contributed by atoms with E-state index in [0.717, 1.165) is 40.4 Å². The Balaban J connectivity index is 1.73. The molecule has 2 aromatic heterocycles. The Hall–Kier alpha value is -2.40. The fourth-order valence-electron chi connectivity index (χ4n) is 2.27. The van der Waals surface area contributed by atoms with Crippen molar-refractivity contribution in [3.8, 4) is 17.0 Å². The number of hydrogen-bond acceptors (Lipinski definition) is 5. The lowest BCUT2D eigenvalue weighted by molar-refractivity contribution is 0.319. The number of anilines is 1. The molecule has 0 atom stereocenters. The summed E-state index contributed by atoms with van der Waals surface area (Å²) in [6, 6.07) is 9.90. The van der Waals surface area contributed by atoms with Crippen LogP contribution in [0.25, 0.3) is 11.3 Å². The lowest BCUT2D eigenvalue weighted by Gasteiger charge is -2.09. The predicted molar refractivity (Wildman–Crippen MR) is 94.8 cm³/mol. The van der Waals surface area contributed by atoms with Crippen molar-refractivity contribution in [2.45, 2.75) is 19.8 Å². The molecule has 2 N–H and O–H groups in total. The van der Waals surface area contributed by atoms with Gasteiger partial charge in [-0.3, -0.25) is 4.98 Å². The summed E-state index contributed by atoms with van der Waals surface area (Å²) in [4.78, 5) is 8.73. The molecular formula is C18H19N3OS.